The van der Waals surface area contributed by atoms with E-state index in [4.69, 9.17) is 16.2 Å². The van der Waals surface area contributed by atoms with E-state index in [2.05, 4.69) is 4.99 Å². The highest BCUT2D eigenvalue weighted by molar-refractivity contribution is 5.75. The van der Waals surface area contributed by atoms with Crippen LogP contribution in [0.4, 0.5) is 0 Å². The van der Waals surface area contributed by atoms with Crippen LogP contribution in [0.2, 0.25) is 0 Å². The molecular formula is C17H27N3O2. The third-order valence-corrected chi connectivity index (χ3v) is 4.10. The molecule has 1 aliphatic carbocycles. The maximum Gasteiger partial charge on any atom is 0.188 e. The van der Waals surface area contributed by atoms with Crippen LogP contribution in [-0.2, 0) is 6.42 Å². The summed E-state index contributed by atoms with van der Waals surface area (Å²) in [6.45, 7) is 0.806. The van der Waals surface area contributed by atoms with Crippen LogP contribution < -0.4 is 16.2 Å². The van der Waals surface area contributed by atoms with Crippen molar-refractivity contribution in [3.8, 4) is 5.75 Å². The molecule has 0 bridgehead atoms. The standard InChI is InChI=1S/C17H27N3O2/c18-17(19)20-16(21)10-9-13-7-4-8-15(11-13)22-12-14-5-2-1-3-6-14/h4,7-8,11,14,16,21H,1-3,5-6,9-10,12H2,(H4,18,19,20)/t16-/m0/s1. The molecule has 1 aromatic rings. The second kappa shape index (κ2) is 8.63. The number of aliphatic imine (C=N–C) groups is 1. The fourth-order valence-electron chi connectivity index (χ4n) is 2.89. The number of rotatable bonds is 7. The molecule has 1 saturated carbocycles. The molecule has 1 aliphatic rings. The van der Waals surface area contributed by atoms with E-state index in [0.717, 1.165) is 17.9 Å². The van der Waals surface area contributed by atoms with Gasteiger partial charge in [-0.15, -0.1) is 0 Å². The molecule has 2 rings (SSSR count). The van der Waals surface area contributed by atoms with E-state index in [1.54, 1.807) is 0 Å². The van der Waals surface area contributed by atoms with Gasteiger partial charge >= 0.3 is 0 Å². The van der Waals surface area contributed by atoms with Gasteiger partial charge in [-0.3, -0.25) is 0 Å². The monoisotopic (exact) mass is 305 g/mol. The zero-order valence-electron chi connectivity index (χ0n) is 13.1. The highest BCUT2D eigenvalue weighted by Gasteiger charge is 2.14. The summed E-state index contributed by atoms with van der Waals surface area (Å²) >= 11 is 0. The zero-order chi connectivity index (χ0) is 15.8. The van der Waals surface area contributed by atoms with Gasteiger partial charge in [0.05, 0.1) is 6.61 Å². The summed E-state index contributed by atoms with van der Waals surface area (Å²) < 4.78 is 5.93. The molecule has 0 heterocycles. The normalized spacial score (nSPS) is 17.0. The highest BCUT2D eigenvalue weighted by Crippen LogP contribution is 2.25. The largest absolute Gasteiger partial charge is 0.493 e. The smallest absolute Gasteiger partial charge is 0.188 e. The SMILES string of the molecule is NC(N)=N[C@@H](O)CCc1cccc(OCC2CCCCC2)c1. The summed E-state index contributed by atoms with van der Waals surface area (Å²) in [6, 6.07) is 8.03. The third-order valence-electron chi connectivity index (χ3n) is 4.10. The summed E-state index contributed by atoms with van der Waals surface area (Å²) in [6.07, 6.45) is 6.94. The van der Waals surface area contributed by atoms with Gasteiger partial charge in [-0.25, -0.2) is 4.99 Å². The number of aryl methyl sites for hydroxylation is 1. The summed E-state index contributed by atoms with van der Waals surface area (Å²) in [5, 5.41) is 9.64. The average molecular weight is 305 g/mol. The van der Waals surface area contributed by atoms with Gasteiger partial charge in [0.15, 0.2) is 5.96 Å². The van der Waals surface area contributed by atoms with E-state index in [1.165, 1.54) is 32.1 Å². The van der Waals surface area contributed by atoms with Crippen molar-refractivity contribution in [2.24, 2.45) is 22.4 Å². The van der Waals surface area contributed by atoms with Crippen molar-refractivity contribution in [3.63, 3.8) is 0 Å². The molecule has 0 radical (unpaired) electrons. The topological polar surface area (TPSA) is 93.9 Å². The molecule has 0 spiro atoms. The quantitative estimate of drug-likeness (QED) is 0.531. The van der Waals surface area contributed by atoms with E-state index in [0.29, 0.717) is 18.8 Å². The minimum atomic E-state index is -0.850. The molecule has 0 amide bonds. The lowest BCUT2D eigenvalue weighted by atomic mass is 9.90. The summed E-state index contributed by atoms with van der Waals surface area (Å²) in [5.41, 5.74) is 11.6. The number of ether oxygens (including phenoxy) is 1. The lowest BCUT2D eigenvalue weighted by Gasteiger charge is -2.21. The van der Waals surface area contributed by atoms with E-state index in [-0.39, 0.29) is 5.96 Å². The van der Waals surface area contributed by atoms with Gasteiger partial charge in [-0.1, -0.05) is 31.4 Å². The van der Waals surface area contributed by atoms with Crippen LogP contribution in [0.15, 0.2) is 29.3 Å². The molecular weight excluding hydrogens is 278 g/mol. The summed E-state index contributed by atoms with van der Waals surface area (Å²) in [5.74, 6) is 1.51. The molecule has 0 saturated heterocycles. The van der Waals surface area contributed by atoms with Gasteiger partial charge < -0.3 is 21.3 Å². The molecule has 1 fully saturated rings. The number of aliphatic hydroxyl groups excluding tert-OH is 1. The van der Waals surface area contributed by atoms with Gasteiger partial charge in [0.1, 0.15) is 12.0 Å². The lowest BCUT2D eigenvalue weighted by Crippen LogP contribution is -2.25. The molecule has 5 heteroatoms. The van der Waals surface area contributed by atoms with Crippen molar-refractivity contribution in [1.29, 1.82) is 0 Å². The minimum Gasteiger partial charge on any atom is -0.493 e. The molecule has 0 aromatic heterocycles. The predicted octanol–water partition coefficient (Wildman–Crippen LogP) is 2.17. The molecule has 122 valence electrons. The van der Waals surface area contributed by atoms with Crippen molar-refractivity contribution in [1.82, 2.24) is 0 Å². The Labute approximate surface area is 132 Å². The number of hydrogen-bond donors (Lipinski definition) is 3. The molecule has 5 N–H and O–H groups in total. The second-order valence-electron chi connectivity index (χ2n) is 6.04. The maximum atomic E-state index is 9.64. The Balaban J connectivity index is 1.80. The van der Waals surface area contributed by atoms with Crippen LogP contribution in [0, 0.1) is 5.92 Å². The van der Waals surface area contributed by atoms with E-state index in [9.17, 15) is 5.11 Å². The first-order valence-corrected chi connectivity index (χ1v) is 8.12. The molecule has 0 unspecified atom stereocenters. The van der Waals surface area contributed by atoms with E-state index < -0.39 is 6.23 Å². The van der Waals surface area contributed by atoms with Gasteiger partial charge in [-0.05, 0) is 49.3 Å². The van der Waals surface area contributed by atoms with Crippen LogP contribution in [0.25, 0.3) is 0 Å². The third kappa shape index (κ3) is 5.93. The van der Waals surface area contributed by atoms with Gasteiger partial charge in [0.2, 0.25) is 0 Å². The number of nitrogens with zero attached hydrogens (tertiary/aromatic N) is 1. The molecule has 1 atom stereocenters. The van der Waals surface area contributed by atoms with Crippen LogP contribution in [0.3, 0.4) is 0 Å². The van der Waals surface area contributed by atoms with Crippen molar-refractivity contribution >= 4 is 5.96 Å². The number of nitrogens with two attached hydrogens (primary N) is 2. The Morgan fingerprint density at radius 1 is 1.27 bits per heavy atom. The number of aliphatic hydroxyl groups is 1. The average Bonchev–Trinajstić information content (AvgIpc) is 2.52. The fourth-order valence-corrected chi connectivity index (χ4v) is 2.89. The summed E-state index contributed by atoms with van der Waals surface area (Å²) in [4.78, 5) is 3.71. The zero-order valence-corrected chi connectivity index (χ0v) is 13.1. The van der Waals surface area contributed by atoms with E-state index >= 15 is 0 Å². The Morgan fingerprint density at radius 2 is 2.05 bits per heavy atom. The predicted molar refractivity (Wildman–Crippen MR) is 88.6 cm³/mol. The molecule has 0 aliphatic heterocycles. The number of benzene rings is 1. The van der Waals surface area contributed by atoms with Crippen LogP contribution in [-0.4, -0.2) is 23.9 Å². The molecule has 22 heavy (non-hydrogen) atoms. The summed E-state index contributed by atoms with van der Waals surface area (Å²) in [7, 11) is 0. The van der Waals surface area contributed by atoms with E-state index in [1.807, 2.05) is 24.3 Å². The highest BCUT2D eigenvalue weighted by atomic mass is 16.5. The van der Waals surface area contributed by atoms with Gasteiger partial charge in [-0.2, -0.15) is 0 Å². The first-order valence-electron chi connectivity index (χ1n) is 8.12. The maximum absolute atomic E-state index is 9.64. The minimum absolute atomic E-state index is 0.0861. The number of hydrogen-bond acceptors (Lipinski definition) is 3. The fraction of sp³-hybridized carbons (Fsp3) is 0.588. The second-order valence-corrected chi connectivity index (χ2v) is 6.04. The van der Waals surface area contributed by atoms with Crippen molar-refractivity contribution in [2.75, 3.05) is 6.61 Å². The van der Waals surface area contributed by atoms with Gasteiger partial charge in [0.25, 0.3) is 0 Å². The number of guanidine groups is 1. The van der Waals surface area contributed by atoms with Crippen molar-refractivity contribution in [2.45, 2.75) is 51.2 Å². The van der Waals surface area contributed by atoms with Crippen LogP contribution in [0.1, 0.15) is 44.1 Å². The Bertz CT molecular complexity index is 481. The van der Waals surface area contributed by atoms with Crippen LogP contribution >= 0.6 is 0 Å². The van der Waals surface area contributed by atoms with Crippen LogP contribution in [0.5, 0.6) is 5.75 Å². The van der Waals surface area contributed by atoms with Gasteiger partial charge in [0, 0.05) is 0 Å². The Morgan fingerprint density at radius 3 is 2.77 bits per heavy atom. The molecule has 1 aromatic carbocycles. The Kier molecular flexibility index (Phi) is 6.52. The first kappa shape index (κ1) is 16.6. The first-order chi connectivity index (χ1) is 10.6. The van der Waals surface area contributed by atoms with Crippen molar-refractivity contribution in [3.05, 3.63) is 29.8 Å². The van der Waals surface area contributed by atoms with Crippen molar-refractivity contribution < 1.29 is 9.84 Å². The Hall–Kier alpha value is -1.75. The molecule has 5 nitrogen and oxygen atoms in total. The lowest BCUT2D eigenvalue weighted by molar-refractivity contribution is 0.174.